The Bertz CT molecular complexity index is 333. The molecule has 1 saturated heterocycles. The number of rotatable bonds is 5. The second kappa shape index (κ2) is 5.65. The molecule has 1 heterocycles. The fraction of sp³-hybridized carbons (Fsp3) is 1.00. The van der Waals surface area contributed by atoms with Crippen molar-refractivity contribution in [1.29, 1.82) is 0 Å². The summed E-state index contributed by atoms with van der Waals surface area (Å²) in [4.78, 5) is 0. The van der Waals surface area contributed by atoms with Crippen LogP contribution in [0.15, 0.2) is 0 Å². The Balaban J connectivity index is 2.50. The lowest BCUT2D eigenvalue weighted by Gasteiger charge is -2.38. The van der Waals surface area contributed by atoms with E-state index in [9.17, 15) is 13.5 Å². The molecule has 0 amide bonds. The molecule has 0 unspecified atom stereocenters. The Morgan fingerprint density at radius 3 is 2.29 bits per heavy atom. The van der Waals surface area contributed by atoms with Gasteiger partial charge >= 0.3 is 0 Å². The number of nitrogens with zero attached hydrogens (tertiary/aromatic N) is 1. The summed E-state index contributed by atoms with van der Waals surface area (Å²) in [6.07, 6.45) is 1.01. The summed E-state index contributed by atoms with van der Waals surface area (Å²) < 4.78 is 24.8. The van der Waals surface area contributed by atoms with Crippen molar-refractivity contribution in [2.45, 2.75) is 45.3 Å². The Hall–Kier alpha value is -0.170. The van der Waals surface area contributed by atoms with Gasteiger partial charge in [-0.1, -0.05) is 13.8 Å². The van der Waals surface area contributed by atoms with Crippen LogP contribution in [0.5, 0.6) is 0 Å². The highest BCUT2D eigenvalue weighted by Gasteiger charge is 2.35. The fourth-order valence-electron chi connectivity index (χ4n) is 1.93. The van der Waals surface area contributed by atoms with Crippen LogP contribution in [0.3, 0.4) is 0 Å². The summed E-state index contributed by atoms with van der Waals surface area (Å²) in [5.74, 6) is 0.135. The molecule has 1 fully saturated rings. The molecule has 102 valence electrons. The molecule has 0 bridgehead atoms. The van der Waals surface area contributed by atoms with E-state index in [0.717, 1.165) is 0 Å². The van der Waals surface area contributed by atoms with Crippen molar-refractivity contribution in [2.24, 2.45) is 0 Å². The summed E-state index contributed by atoms with van der Waals surface area (Å²) in [6.45, 7) is 7.08. The monoisotopic (exact) mass is 264 g/mol. The van der Waals surface area contributed by atoms with Gasteiger partial charge in [0.2, 0.25) is 10.0 Å². The van der Waals surface area contributed by atoms with Gasteiger partial charge in [0.05, 0.1) is 11.4 Å². The average molecular weight is 264 g/mol. The van der Waals surface area contributed by atoms with E-state index in [0.29, 0.717) is 38.5 Å². The number of hydrogen-bond acceptors (Lipinski definition) is 4. The molecule has 6 heteroatoms. The second-order valence-electron chi connectivity index (χ2n) is 5.06. The lowest BCUT2D eigenvalue weighted by molar-refractivity contribution is -0.00520. The van der Waals surface area contributed by atoms with Crippen molar-refractivity contribution in [3.05, 3.63) is 0 Å². The third-order valence-electron chi connectivity index (χ3n) is 3.25. The van der Waals surface area contributed by atoms with Gasteiger partial charge in [-0.15, -0.1) is 0 Å². The maximum Gasteiger partial charge on any atom is 0.213 e. The molecule has 17 heavy (non-hydrogen) atoms. The highest BCUT2D eigenvalue weighted by Crippen LogP contribution is 2.23. The molecule has 0 aromatic carbocycles. The molecule has 1 rings (SSSR count). The Morgan fingerprint density at radius 2 is 1.88 bits per heavy atom. The van der Waals surface area contributed by atoms with Gasteiger partial charge < -0.3 is 10.4 Å². The van der Waals surface area contributed by atoms with Gasteiger partial charge in [-0.2, -0.15) is 0 Å². The smallest absolute Gasteiger partial charge is 0.213 e. The lowest BCUT2D eigenvalue weighted by atomic mass is 9.92. The van der Waals surface area contributed by atoms with E-state index in [-0.39, 0.29) is 5.75 Å². The molecule has 2 N–H and O–H groups in total. The summed E-state index contributed by atoms with van der Waals surface area (Å²) in [7, 11) is -3.10. The molecule has 0 aromatic heterocycles. The average Bonchev–Trinajstić information content (AvgIpc) is 2.27. The largest absolute Gasteiger partial charge is 0.388 e. The predicted octanol–water partition coefficient (Wildman–Crippen LogP) is 0.161. The molecule has 0 saturated carbocycles. The number of nitrogens with one attached hydrogen (secondary N) is 1. The van der Waals surface area contributed by atoms with Gasteiger partial charge in [0.15, 0.2) is 0 Å². The van der Waals surface area contributed by atoms with Gasteiger partial charge in [-0.25, -0.2) is 12.7 Å². The number of piperidine rings is 1. The van der Waals surface area contributed by atoms with Crippen LogP contribution >= 0.6 is 0 Å². The van der Waals surface area contributed by atoms with Crippen LogP contribution in [0.25, 0.3) is 0 Å². The number of hydrogen-bond donors (Lipinski definition) is 2. The molecule has 0 aromatic rings. The van der Waals surface area contributed by atoms with E-state index in [1.165, 1.54) is 4.31 Å². The Morgan fingerprint density at radius 1 is 1.35 bits per heavy atom. The Kier molecular flexibility index (Phi) is 4.95. The van der Waals surface area contributed by atoms with Crippen LogP contribution in [0.4, 0.5) is 0 Å². The predicted molar refractivity (Wildman–Crippen MR) is 68.4 cm³/mol. The molecule has 1 aliphatic rings. The normalized spacial score (nSPS) is 21.9. The molecule has 0 aliphatic carbocycles. The summed E-state index contributed by atoms with van der Waals surface area (Å²) in [6, 6.07) is 0.330. The van der Waals surface area contributed by atoms with Crippen molar-refractivity contribution < 1.29 is 13.5 Å². The maximum atomic E-state index is 11.7. The lowest BCUT2D eigenvalue weighted by Crippen LogP contribution is -2.52. The second-order valence-corrected chi connectivity index (χ2v) is 7.32. The van der Waals surface area contributed by atoms with Gasteiger partial charge in [0, 0.05) is 25.7 Å². The first-order valence-electron chi connectivity index (χ1n) is 6.23. The first-order valence-corrected chi connectivity index (χ1v) is 7.83. The number of sulfonamides is 1. The van der Waals surface area contributed by atoms with Crippen LogP contribution in [0.1, 0.15) is 33.6 Å². The van der Waals surface area contributed by atoms with Crippen LogP contribution in [0.2, 0.25) is 0 Å². The minimum Gasteiger partial charge on any atom is -0.388 e. The van der Waals surface area contributed by atoms with Crippen LogP contribution < -0.4 is 5.32 Å². The fourth-order valence-corrected chi connectivity index (χ4v) is 3.04. The van der Waals surface area contributed by atoms with E-state index in [2.05, 4.69) is 5.32 Å². The van der Waals surface area contributed by atoms with Crippen molar-refractivity contribution in [2.75, 3.05) is 25.4 Å². The summed E-state index contributed by atoms with van der Waals surface area (Å²) >= 11 is 0. The Labute approximate surface area is 104 Å². The van der Waals surface area contributed by atoms with Crippen molar-refractivity contribution in [1.82, 2.24) is 9.62 Å². The topological polar surface area (TPSA) is 69.6 Å². The summed E-state index contributed by atoms with van der Waals surface area (Å²) in [5, 5.41) is 13.5. The SMILES string of the molecule is CCS(=O)(=O)N1CCC(O)(CNC(C)C)CC1. The molecule has 0 radical (unpaired) electrons. The molecular formula is C11H24N2O3S. The minimum atomic E-state index is -3.10. The van der Waals surface area contributed by atoms with E-state index >= 15 is 0 Å². The van der Waals surface area contributed by atoms with Gasteiger partial charge in [0.1, 0.15) is 0 Å². The van der Waals surface area contributed by atoms with E-state index in [4.69, 9.17) is 0 Å². The van der Waals surface area contributed by atoms with Crippen LogP contribution in [-0.4, -0.2) is 54.9 Å². The standard InChI is InChI=1S/C11H24N2O3S/c1-4-17(15,16)13-7-5-11(14,6-8-13)9-12-10(2)3/h10,12,14H,4-9H2,1-3H3. The van der Waals surface area contributed by atoms with Gasteiger partial charge in [0.25, 0.3) is 0 Å². The highest BCUT2D eigenvalue weighted by atomic mass is 32.2. The molecule has 0 atom stereocenters. The quantitative estimate of drug-likeness (QED) is 0.742. The molecular weight excluding hydrogens is 240 g/mol. The zero-order valence-corrected chi connectivity index (χ0v) is 11.8. The third-order valence-corrected chi connectivity index (χ3v) is 5.13. The maximum absolute atomic E-state index is 11.7. The van der Waals surface area contributed by atoms with Crippen molar-refractivity contribution in [3.8, 4) is 0 Å². The molecule has 0 spiro atoms. The first kappa shape index (κ1) is 14.9. The summed E-state index contributed by atoms with van der Waals surface area (Å²) in [5.41, 5.74) is -0.760. The van der Waals surface area contributed by atoms with Crippen LogP contribution in [-0.2, 0) is 10.0 Å². The van der Waals surface area contributed by atoms with Gasteiger partial charge in [-0.05, 0) is 19.8 Å². The molecule has 5 nitrogen and oxygen atoms in total. The van der Waals surface area contributed by atoms with Crippen molar-refractivity contribution >= 4 is 10.0 Å². The first-order chi connectivity index (χ1) is 7.79. The highest BCUT2D eigenvalue weighted by molar-refractivity contribution is 7.89. The van der Waals surface area contributed by atoms with E-state index < -0.39 is 15.6 Å². The zero-order valence-electron chi connectivity index (χ0n) is 10.9. The van der Waals surface area contributed by atoms with Crippen molar-refractivity contribution in [3.63, 3.8) is 0 Å². The van der Waals surface area contributed by atoms with E-state index in [1.54, 1.807) is 6.92 Å². The number of aliphatic hydroxyl groups is 1. The van der Waals surface area contributed by atoms with Crippen LogP contribution in [0, 0.1) is 0 Å². The minimum absolute atomic E-state index is 0.135. The van der Waals surface area contributed by atoms with Gasteiger partial charge in [-0.3, -0.25) is 0 Å². The molecule has 1 aliphatic heterocycles. The zero-order chi connectivity index (χ0) is 13.1. The third kappa shape index (κ3) is 4.21. The van der Waals surface area contributed by atoms with E-state index in [1.807, 2.05) is 13.8 Å².